The maximum Gasteiger partial charge on any atom is 0.234 e. The Kier molecular flexibility index (Phi) is 4.25. The molecule has 1 amide bonds. The predicted octanol–water partition coefficient (Wildman–Crippen LogP) is 3.47. The summed E-state index contributed by atoms with van der Waals surface area (Å²) in [6.45, 7) is 5.29. The molecular formula is C20H23N3O2. The van der Waals surface area contributed by atoms with Crippen molar-refractivity contribution in [2.45, 2.75) is 45.1 Å². The average Bonchev–Trinajstić information content (AvgIpc) is 3.42. The molecule has 1 aliphatic heterocycles. The lowest BCUT2D eigenvalue weighted by atomic mass is 9.99. The molecule has 1 aliphatic carbocycles. The zero-order chi connectivity index (χ0) is 17.4. The van der Waals surface area contributed by atoms with Crippen LogP contribution < -0.4 is 4.90 Å². The van der Waals surface area contributed by atoms with E-state index in [-0.39, 0.29) is 11.8 Å². The van der Waals surface area contributed by atoms with Gasteiger partial charge < -0.3 is 9.64 Å². The second-order valence-electron chi connectivity index (χ2n) is 6.93. The van der Waals surface area contributed by atoms with Crippen molar-refractivity contribution in [2.75, 3.05) is 18.1 Å². The zero-order valence-electron chi connectivity index (χ0n) is 14.7. The Labute approximate surface area is 148 Å². The molecule has 2 aromatic rings. The summed E-state index contributed by atoms with van der Waals surface area (Å²) in [7, 11) is 0. The van der Waals surface area contributed by atoms with Crippen LogP contribution in [0.2, 0.25) is 0 Å². The molecule has 25 heavy (non-hydrogen) atoms. The highest BCUT2D eigenvalue weighted by molar-refractivity contribution is 6.05. The van der Waals surface area contributed by atoms with Gasteiger partial charge in [0.15, 0.2) is 0 Å². The third-order valence-corrected chi connectivity index (χ3v) is 4.94. The molecule has 0 spiro atoms. The molecule has 2 heterocycles. The van der Waals surface area contributed by atoms with Crippen LogP contribution in [-0.4, -0.2) is 35.1 Å². The van der Waals surface area contributed by atoms with E-state index >= 15 is 0 Å². The van der Waals surface area contributed by atoms with Crippen LogP contribution in [0, 0.1) is 6.92 Å². The number of carbonyl (C=O) groups excluding carboxylic acids is 1. The number of rotatable bonds is 6. The maximum atomic E-state index is 12.7. The van der Waals surface area contributed by atoms with Gasteiger partial charge in [-0.25, -0.2) is 9.97 Å². The van der Waals surface area contributed by atoms with Crippen molar-refractivity contribution in [3.05, 3.63) is 42.0 Å². The van der Waals surface area contributed by atoms with Crippen molar-refractivity contribution in [1.29, 1.82) is 0 Å². The molecule has 1 aromatic heterocycles. The molecule has 0 saturated heterocycles. The number of aryl methyl sites for hydroxylation is 1. The number of hydrogen-bond donors (Lipinski definition) is 0. The molecule has 5 heteroatoms. The topological polar surface area (TPSA) is 55.3 Å². The minimum absolute atomic E-state index is 0.0809. The zero-order valence-corrected chi connectivity index (χ0v) is 14.7. The summed E-state index contributed by atoms with van der Waals surface area (Å²) >= 11 is 0. The first-order chi connectivity index (χ1) is 12.1. The van der Waals surface area contributed by atoms with Crippen molar-refractivity contribution in [1.82, 2.24) is 9.97 Å². The van der Waals surface area contributed by atoms with Gasteiger partial charge in [-0.05, 0) is 50.3 Å². The Hall–Kier alpha value is -2.27. The highest BCUT2D eigenvalue weighted by Crippen LogP contribution is 2.39. The molecule has 1 unspecified atom stereocenters. The average molecular weight is 337 g/mol. The molecule has 1 atom stereocenters. The fraction of sp³-hybridized carbons (Fsp3) is 0.450. The Morgan fingerprint density at radius 2 is 1.96 bits per heavy atom. The molecule has 4 rings (SSSR count). The number of hydrogen-bond acceptors (Lipinski definition) is 4. The van der Waals surface area contributed by atoms with Gasteiger partial charge in [0, 0.05) is 36.8 Å². The van der Waals surface area contributed by atoms with Gasteiger partial charge in [0.25, 0.3) is 0 Å². The summed E-state index contributed by atoms with van der Waals surface area (Å²) in [6.07, 6.45) is 7.37. The van der Waals surface area contributed by atoms with E-state index in [2.05, 4.69) is 28.2 Å². The highest BCUT2D eigenvalue weighted by Gasteiger charge is 2.34. The molecule has 2 aliphatic rings. The van der Waals surface area contributed by atoms with Gasteiger partial charge in [0.2, 0.25) is 5.91 Å². The summed E-state index contributed by atoms with van der Waals surface area (Å²) in [5.41, 5.74) is 4.13. The Bertz CT molecular complexity index is 784. The molecule has 130 valence electrons. The van der Waals surface area contributed by atoms with E-state index in [9.17, 15) is 4.79 Å². The molecule has 1 aromatic carbocycles. The van der Waals surface area contributed by atoms with Gasteiger partial charge in [-0.15, -0.1) is 0 Å². The number of amides is 1. The molecule has 0 radical (unpaired) electrons. The normalized spacial score (nSPS) is 19.4. The number of carbonyl (C=O) groups is 1. The van der Waals surface area contributed by atoms with E-state index < -0.39 is 0 Å². The van der Waals surface area contributed by atoms with Crippen LogP contribution in [0.4, 0.5) is 5.69 Å². The summed E-state index contributed by atoms with van der Waals surface area (Å²) in [4.78, 5) is 23.1. The predicted molar refractivity (Wildman–Crippen MR) is 96.6 cm³/mol. The van der Waals surface area contributed by atoms with E-state index in [1.54, 1.807) is 0 Å². The first-order valence-electron chi connectivity index (χ1n) is 8.99. The lowest BCUT2D eigenvalue weighted by Gasteiger charge is -2.18. The summed E-state index contributed by atoms with van der Waals surface area (Å²) in [5.74, 6) is 0.854. The van der Waals surface area contributed by atoms with E-state index in [0.717, 1.165) is 41.2 Å². The number of ether oxygens (including phenoxy) is 1. The van der Waals surface area contributed by atoms with E-state index in [1.165, 1.54) is 12.8 Å². The second-order valence-corrected chi connectivity index (χ2v) is 6.93. The Morgan fingerprint density at radius 1 is 1.20 bits per heavy atom. The van der Waals surface area contributed by atoms with Gasteiger partial charge in [0.1, 0.15) is 5.82 Å². The molecule has 0 N–H and O–H groups in total. The lowest BCUT2D eigenvalue weighted by molar-refractivity contribution is -0.119. The fourth-order valence-corrected chi connectivity index (χ4v) is 3.29. The smallest absolute Gasteiger partial charge is 0.234 e. The second kappa shape index (κ2) is 6.56. The van der Waals surface area contributed by atoms with Crippen molar-refractivity contribution in [3.63, 3.8) is 0 Å². The monoisotopic (exact) mass is 337 g/mol. The van der Waals surface area contributed by atoms with Gasteiger partial charge in [0.05, 0.1) is 12.0 Å². The van der Waals surface area contributed by atoms with Crippen molar-refractivity contribution < 1.29 is 9.53 Å². The van der Waals surface area contributed by atoms with Gasteiger partial charge in [-0.1, -0.05) is 12.1 Å². The van der Waals surface area contributed by atoms with Crippen molar-refractivity contribution >= 4 is 11.6 Å². The molecule has 0 bridgehead atoms. The first-order valence-corrected chi connectivity index (χ1v) is 8.99. The number of anilines is 1. The van der Waals surface area contributed by atoms with Crippen molar-refractivity contribution in [2.24, 2.45) is 0 Å². The number of nitrogens with zero attached hydrogens (tertiary/aromatic N) is 3. The summed E-state index contributed by atoms with van der Waals surface area (Å²) in [6, 6.07) is 6.20. The number of fused-ring (bicyclic) bond motifs is 1. The first kappa shape index (κ1) is 16.2. The summed E-state index contributed by atoms with van der Waals surface area (Å²) < 4.78 is 5.71. The van der Waals surface area contributed by atoms with Crippen LogP contribution in [-0.2, 0) is 9.53 Å². The van der Waals surface area contributed by atoms with Crippen LogP contribution in [0.5, 0.6) is 0 Å². The van der Waals surface area contributed by atoms with E-state index in [0.29, 0.717) is 12.6 Å². The van der Waals surface area contributed by atoms with Gasteiger partial charge >= 0.3 is 0 Å². The number of aromatic nitrogens is 2. The Morgan fingerprint density at radius 3 is 2.68 bits per heavy atom. The lowest BCUT2D eigenvalue weighted by Crippen LogP contribution is -2.29. The minimum atomic E-state index is -0.0809. The van der Waals surface area contributed by atoms with Gasteiger partial charge in [-0.2, -0.15) is 0 Å². The highest BCUT2D eigenvalue weighted by atomic mass is 16.5. The van der Waals surface area contributed by atoms with Crippen LogP contribution >= 0.6 is 0 Å². The molecule has 1 fully saturated rings. The number of benzene rings is 1. The molecular weight excluding hydrogens is 314 g/mol. The summed E-state index contributed by atoms with van der Waals surface area (Å²) in [5, 5.41) is 0. The minimum Gasteiger partial charge on any atom is -0.378 e. The Balaban J connectivity index is 1.55. The van der Waals surface area contributed by atoms with Crippen LogP contribution in [0.25, 0.3) is 11.1 Å². The van der Waals surface area contributed by atoms with E-state index in [4.69, 9.17) is 4.74 Å². The third-order valence-electron chi connectivity index (χ3n) is 4.94. The van der Waals surface area contributed by atoms with E-state index in [1.807, 2.05) is 31.1 Å². The van der Waals surface area contributed by atoms with Crippen LogP contribution in [0.15, 0.2) is 30.6 Å². The maximum absolute atomic E-state index is 12.7. The SMILES string of the molecule is Cc1ncc(-c2ccc3c(c2)N(CCCOC2CC2)C(=O)C3C)cn1. The van der Waals surface area contributed by atoms with Crippen molar-refractivity contribution in [3.8, 4) is 11.1 Å². The molecule has 5 nitrogen and oxygen atoms in total. The van der Waals surface area contributed by atoms with Crippen LogP contribution in [0.3, 0.4) is 0 Å². The quantitative estimate of drug-likeness (QED) is 0.757. The fourth-order valence-electron chi connectivity index (χ4n) is 3.29. The standard InChI is InChI=1S/C20H23N3O2/c1-13-18-7-4-15(16-11-21-14(2)22-12-16)10-19(18)23(20(13)24)8-3-9-25-17-5-6-17/h4,7,10-13,17H,3,5-6,8-9H2,1-2H3. The largest absolute Gasteiger partial charge is 0.378 e. The molecule has 1 saturated carbocycles. The van der Waals surface area contributed by atoms with Gasteiger partial charge in [-0.3, -0.25) is 4.79 Å². The van der Waals surface area contributed by atoms with Crippen LogP contribution in [0.1, 0.15) is 43.5 Å². The third kappa shape index (κ3) is 3.29.